The van der Waals surface area contributed by atoms with E-state index in [0.29, 0.717) is 11.2 Å². The summed E-state index contributed by atoms with van der Waals surface area (Å²) < 4.78 is 38.7. The SMILES string of the molecule is CC(=O)OC(C)C(C)CCC(C)(OC(C)=O)[C@H]1CC[C@]2(C)O[C@@H]([C@]3(C)CC[C@@H]([C@@]4(C)CC[C@H](Br)C(C)(C)O4)O3)CC[C@H]2O1. The maximum atomic E-state index is 12.2. The Morgan fingerprint density at radius 1 is 0.837 bits per heavy atom. The lowest BCUT2D eigenvalue weighted by molar-refractivity contribution is -0.295. The Labute approximate surface area is 268 Å². The van der Waals surface area contributed by atoms with Gasteiger partial charge in [-0.2, -0.15) is 0 Å². The molecule has 0 aromatic rings. The lowest BCUT2D eigenvalue weighted by Gasteiger charge is -2.54. The summed E-state index contributed by atoms with van der Waals surface area (Å²) in [7, 11) is 0. The van der Waals surface area contributed by atoms with Crippen LogP contribution in [0.2, 0.25) is 0 Å². The van der Waals surface area contributed by atoms with Crippen LogP contribution < -0.4 is 0 Å². The van der Waals surface area contributed by atoms with Gasteiger partial charge in [0.25, 0.3) is 0 Å². The Balaban J connectivity index is 1.39. The number of ether oxygens (including phenoxy) is 6. The van der Waals surface area contributed by atoms with Crippen molar-refractivity contribution < 1.29 is 38.0 Å². The number of hydrogen-bond acceptors (Lipinski definition) is 8. The minimum atomic E-state index is -0.778. The van der Waals surface area contributed by atoms with Gasteiger partial charge < -0.3 is 28.4 Å². The zero-order valence-corrected chi connectivity index (χ0v) is 29.8. The highest BCUT2D eigenvalue weighted by Crippen LogP contribution is 2.51. The number of carbonyl (C=O) groups is 2. The van der Waals surface area contributed by atoms with Gasteiger partial charge >= 0.3 is 11.9 Å². The molecule has 0 saturated carbocycles. The van der Waals surface area contributed by atoms with E-state index < -0.39 is 11.2 Å². The third-order valence-electron chi connectivity index (χ3n) is 11.1. The second kappa shape index (κ2) is 12.8. The summed E-state index contributed by atoms with van der Waals surface area (Å²) in [4.78, 5) is 24.0. The van der Waals surface area contributed by atoms with Crippen LogP contribution in [0.25, 0.3) is 0 Å². The second-order valence-electron chi connectivity index (χ2n) is 15.4. The average Bonchev–Trinajstić information content (AvgIpc) is 3.32. The molecule has 0 aromatic carbocycles. The van der Waals surface area contributed by atoms with Crippen molar-refractivity contribution >= 4 is 27.9 Å². The number of fused-ring (bicyclic) bond motifs is 1. The first kappa shape index (κ1) is 35.1. The number of carbonyl (C=O) groups excluding carboxylic acids is 2. The van der Waals surface area contributed by atoms with E-state index in [4.69, 9.17) is 28.4 Å². The summed E-state index contributed by atoms with van der Waals surface area (Å²) >= 11 is 3.81. The fourth-order valence-corrected chi connectivity index (χ4v) is 8.35. The molecule has 4 saturated heterocycles. The number of rotatable bonds is 9. The summed E-state index contributed by atoms with van der Waals surface area (Å²) in [5.41, 5.74) is -2.15. The van der Waals surface area contributed by atoms with Gasteiger partial charge in [-0.25, -0.2) is 0 Å². The predicted molar refractivity (Wildman–Crippen MR) is 168 cm³/mol. The van der Waals surface area contributed by atoms with Gasteiger partial charge in [-0.1, -0.05) is 22.9 Å². The molecule has 0 aliphatic carbocycles. The number of hydrogen-bond donors (Lipinski definition) is 0. The van der Waals surface area contributed by atoms with Crippen LogP contribution in [-0.4, -0.2) is 75.3 Å². The van der Waals surface area contributed by atoms with Crippen molar-refractivity contribution in [3.05, 3.63) is 0 Å². The van der Waals surface area contributed by atoms with Crippen LogP contribution in [0.5, 0.6) is 0 Å². The monoisotopic (exact) mass is 672 g/mol. The van der Waals surface area contributed by atoms with E-state index in [2.05, 4.69) is 57.5 Å². The first-order valence-electron chi connectivity index (χ1n) is 16.5. The quantitative estimate of drug-likeness (QED) is 0.188. The fraction of sp³-hybridized carbons (Fsp3) is 0.941. The standard InChI is InChI=1S/C34H57BrO8/c1-21(22(2)38-23(3)36)13-17-31(7,40-24(4)37)27-15-19-32(8)26(39-27)11-12-28(41-32)33(9)20-16-29(42-33)34(10)18-14-25(35)30(5,6)43-34/h21-22,25-29H,11-20H2,1-10H3/t21?,22?,25-,26+,27+,28+,29-,31?,32-,33-,34+/m0/s1. The first-order chi connectivity index (χ1) is 19.8. The van der Waals surface area contributed by atoms with Crippen molar-refractivity contribution in [3.8, 4) is 0 Å². The molecule has 4 aliphatic heterocycles. The second-order valence-corrected chi connectivity index (χ2v) is 16.5. The van der Waals surface area contributed by atoms with Gasteiger partial charge in [0, 0.05) is 18.7 Å². The number of alkyl halides is 1. The molecule has 4 fully saturated rings. The Kier molecular flexibility index (Phi) is 10.5. The van der Waals surface area contributed by atoms with Crippen LogP contribution >= 0.6 is 15.9 Å². The maximum Gasteiger partial charge on any atom is 0.303 e. The molecule has 4 heterocycles. The lowest BCUT2D eigenvalue weighted by atomic mass is 9.76. The minimum absolute atomic E-state index is 0.0218. The van der Waals surface area contributed by atoms with Gasteiger partial charge in [-0.05, 0) is 119 Å². The molecule has 9 heteroatoms. The Hall–Kier alpha value is -0.740. The van der Waals surface area contributed by atoms with Crippen molar-refractivity contribution in [2.45, 2.75) is 197 Å². The molecule has 0 radical (unpaired) electrons. The van der Waals surface area contributed by atoms with Crippen molar-refractivity contribution in [2.75, 3.05) is 0 Å². The van der Waals surface area contributed by atoms with Crippen molar-refractivity contribution in [1.82, 2.24) is 0 Å². The van der Waals surface area contributed by atoms with Gasteiger partial charge in [0.1, 0.15) is 11.7 Å². The average molecular weight is 674 g/mol. The highest BCUT2D eigenvalue weighted by Gasteiger charge is 2.58. The van der Waals surface area contributed by atoms with Gasteiger partial charge in [-0.15, -0.1) is 0 Å². The van der Waals surface area contributed by atoms with E-state index in [-0.39, 0.29) is 65.2 Å². The zero-order chi connectivity index (χ0) is 32.0. The zero-order valence-electron chi connectivity index (χ0n) is 28.3. The van der Waals surface area contributed by atoms with Crippen molar-refractivity contribution in [2.24, 2.45) is 5.92 Å². The normalized spacial score (nSPS) is 42.3. The summed E-state index contributed by atoms with van der Waals surface area (Å²) in [6.45, 7) is 19.8. The maximum absolute atomic E-state index is 12.2. The van der Waals surface area contributed by atoms with E-state index in [1.807, 2.05) is 13.8 Å². The molecule has 248 valence electrons. The van der Waals surface area contributed by atoms with E-state index in [1.54, 1.807) is 0 Å². The Bertz CT molecular complexity index is 1020. The van der Waals surface area contributed by atoms with E-state index in [1.165, 1.54) is 13.8 Å². The lowest BCUT2D eigenvalue weighted by Crippen LogP contribution is -2.62. The van der Waals surface area contributed by atoms with Crippen LogP contribution in [0.3, 0.4) is 0 Å². The third-order valence-corrected chi connectivity index (χ3v) is 12.7. The molecular weight excluding hydrogens is 616 g/mol. The highest BCUT2D eigenvalue weighted by atomic mass is 79.9. The molecule has 43 heavy (non-hydrogen) atoms. The summed E-state index contributed by atoms with van der Waals surface area (Å²) in [6.07, 6.45) is 8.04. The molecule has 4 aliphatic rings. The van der Waals surface area contributed by atoms with Crippen molar-refractivity contribution in [1.29, 1.82) is 0 Å². The first-order valence-corrected chi connectivity index (χ1v) is 17.4. The van der Waals surface area contributed by atoms with Gasteiger partial charge in [0.05, 0.1) is 46.8 Å². The smallest absolute Gasteiger partial charge is 0.303 e. The van der Waals surface area contributed by atoms with Gasteiger partial charge in [0.15, 0.2) is 0 Å². The molecule has 0 aromatic heterocycles. The topological polar surface area (TPSA) is 89.5 Å². The van der Waals surface area contributed by atoms with E-state index >= 15 is 0 Å². The molecule has 11 atom stereocenters. The van der Waals surface area contributed by atoms with Gasteiger partial charge in [0.2, 0.25) is 0 Å². The van der Waals surface area contributed by atoms with Crippen LogP contribution in [0, 0.1) is 5.92 Å². The fourth-order valence-electron chi connectivity index (χ4n) is 8.03. The number of halogens is 1. The Morgan fingerprint density at radius 3 is 2.00 bits per heavy atom. The molecule has 8 nitrogen and oxygen atoms in total. The molecule has 4 rings (SSSR count). The predicted octanol–water partition coefficient (Wildman–Crippen LogP) is 7.21. The van der Waals surface area contributed by atoms with E-state index in [0.717, 1.165) is 57.8 Å². The van der Waals surface area contributed by atoms with Crippen LogP contribution in [0.1, 0.15) is 133 Å². The minimum Gasteiger partial charge on any atom is -0.463 e. The van der Waals surface area contributed by atoms with Gasteiger partial charge in [-0.3, -0.25) is 9.59 Å². The molecule has 0 bridgehead atoms. The summed E-state index contributed by atoms with van der Waals surface area (Å²) in [5, 5.41) is 0. The molecule has 0 amide bonds. The summed E-state index contributed by atoms with van der Waals surface area (Å²) in [5.74, 6) is -0.476. The molecule has 3 unspecified atom stereocenters. The molecule has 0 N–H and O–H groups in total. The number of esters is 2. The van der Waals surface area contributed by atoms with Crippen molar-refractivity contribution in [3.63, 3.8) is 0 Å². The van der Waals surface area contributed by atoms with Crippen LogP contribution in [-0.2, 0) is 38.0 Å². The highest BCUT2D eigenvalue weighted by molar-refractivity contribution is 9.09. The Morgan fingerprint density at radius 2 is 1.40 bits per heavy atom. The molecule has 0 spiro atoms. The molecular formula is C34H57BrO8. The van der Waals surface area contributed by atoms with Crippen LogP contribution in [0.4, 0.5) is 0 Å². The van der Waals surface area contributed by atoms with E-state index in [9.17, 15) is 9.59 Å². The largest absolute Gasteiger partial charge is 0.463 e. The summed E-state index contributed by atoms with van der Waals surface area (Å²) in [6, 6.07) is 0. The van der Waals surface area contributed by atoms with Crippen LogP contribution in [0.15, 0.2) is 0 Å². The third kappa shape index (κ3) is 7.64.